The molecule has 0 aliphatic rings. The van der Waals surface area contributed by atoms with E-state index in [1.807, 2.05) is 13.1 Å². The second-order valence-corrected chi connectivity index (χ2v) is 4.34. The number of nitrogens with one attached hydrogen (secondary N) is 2. The number of aryl methyl sites for hydroxylation is 1. The van der Waals surface area contributed by atoms with Crippen molar-refractivity contribution in [2.45, 2.75) is 19.9 Å². The van der Waals surface area contributed by atoms with Crippen molar-refractivity contribution in [2.24, 2.45) is 5.84 Å². The van der Waals surface area contributed by atoms with Crippen LogP contribution in [0.1, 0.15) is 17.6 Å². The van der Waals surface area contributed by atoms with Crippen molar-refractivity contribution < 1.29 is 0 Å². The summed E-state index contributed by atoms with van der Waals surface area (Å²) >= 11 is 1.60. The van der Waals surface area contributed by atoms with Crippen LogP contribution in [0.5, 0.6) is 0 Å². The number of nitrogens with two attached hydrogens (primary N) is 1. The molecule has 0 unspecified atom stereocenters. The number of aromatic nitrogens is 3. The smallest absolute Gasteiger partial charge is 0.145 e. The summed E-state index contributed by atoms with van der Waals surface area (Å²) in [7, 11) is 0. The fourth-order valence-electron chi connectivity index (χ4n) is 1.33. The summed E-state index contributed by atoms with van der Waals surface area (Å²) in [5.74, 6) is 7.49. The summed E-state index contributed by atoms with van der Waals surface area (Å²) in [6.07, 6.45) is 2.60. The van der Waals surface area contributed by atoms with Crippen LogP contribution in [0.15, 0.2) is 17.8 Å². The van der Waals surface area contributed by atoms with Gasteiger partial charge in [0.15, 0.2) is 0 Å². The van der Waals surface area contributed by atoms with Gasteiger partial charge in [0.05, 0.1) is 12.1 Å². The molecule has 2 heterocycles. The first-order chi connectivity index (χ1) is 8.31. The fraction of sp³-hybridized carbons (Fsp3) is 0.300. The highest BCUT2D eigenvalue weighted by molar-refractivity contribution is 7.09. The lowest BCUT2D eigenvalue weighted by atomic mass is 10.4. The molecule has 7 heteroatoms. The summed E-state index contributed by atoms with van der Waals surface area (Å²) in [5.41, 5.74) is 4.34. The Labute approximate surface area is 103 Å². The van der Waals surface area contributed by atoms with E-state index >= 15 is 0 Å². The highest BCUT2D eigenvalue weighted by atomic mass is 32.1. The van der Waals surface area contributed by atoms with Crippen LogP contribution < -0.4 is 16.6 Å². The Hall–Kier alpha value is -1.73. The first kappa shape index (κ1) is 11.7. The second kappa shape index (κ2) is 5.55. The van der Waals surface area contributed by atoms with Gasteiger partial charge in [-0.1, -0.05) is 6.92 Å². The molecule has 0 saturated carbocycles. The molecule has 17 heavy (non-hydrogen) atoms. The minimum Gasteiger partial charge on any atom is -0.365 e. The van der Waals surface area contributed by atoms with Gasteiger partial charge in [0.1, 0.15) is 17.5 Å². The molecule has 90 valence electrons. The molecule has 4 N–H and O–H groups in total. The van der Waals surface area contributed by atoms with Gasteiger partial charge in [-0.2, -0.15) is 0 Å². The van der Waals surface area contributed by atoms with Crippen molar-refractivity contribution in [1.82, 2.24) is 15.0 Å². The molecule has 0 bridgehead atoms. The van der Waals surface area contributed by atoms with E-state index in [0.29, 0.717) is 12.4 Å². The summed E-state index contributed by atoms with van der Waals surface area (Å²) in [6.45, 7) is 2.71. The van der Waals surface area contributed by atoms with Gasteiger partial charge in [0.2, 0.25) is 0 Å². The molecule has 2 aromatic heterocycles. The van der Waals surface area contributed by atoms with Gasteiger partial charge in [0, 0.05) is 23.6 Å². The number of nitrogen functional groups attached to an aromatic ring is 1. The molecule has 2 rings (SSSR count). The zero-order valence-electron chi connectivity index (χ0n) is 9.47. The van der Waals surface area contributed by atoms with Crippen LogP contribution in [-0.4, -0.2) is 15.0 Å². The van der Waals surface area contributed by atoms with Crippen molar-refractivity contribution in [3.63, 3.8) is 0 Å². The number of hydrazine groups is 1. The lowest BCUT2D eigenvalue weighted by Gasteiger charge is -2.07. The molecule has 0 aromatic carbocycles. The molecule has 0 atom stereocenters. The first-order valence-corrected chi connectivity index (χ1v) is 6.15. The largest absolute Gasteiger partial charge is 0.365 e. The van der Waals surface area contributed by atoms with Crippen LogP contribution in [0.2, 0.25) is 0 Å². The maximum Gasteiger partial charge on any atom is 0.145 e. The Morgan fingerprint density at radius 2 is 2.18 bits per heavy atom. The zero-order valence-corrected chi connectivity index (χ0v) is 10.3. The summed E-state index contributed by atoms with van der Waals surface area (Å²) in [4.78, 5) is 13.8. The lowest BCUT2D eigenvalue weighted by molar-refractivity contribution is 0.932. The molecule has 0 radical (unpaired) electrons. The predicted molar refractivity (Wildman–Crippen MR) is 68.7 cm³/mol. The lowest BCUT2D eigenvalue weighted by Crippen LogP contribution is -2.12. The molecule has 0 aliphatic heterocycles. The molecule has 0 aliphatic carbocycles. The van der Waals surface area contributed by atoms with Crippen LogP contribution >= 0.6 is 11.3 Å². The van der Waals surface area contributed by atoms with E-state index in [9.17, 15) is 0 Å². The number of hydrogen-bond acceptors (Lipinski definition) is 7. The molecule has 2 aromatic rings. The predicted octanol–water partition coefficient (Wildman–Crippen LogP) is 1.39. The van der Waals surface area contributed by atoms with E-state index in [2.05, 4.69) is 25.7 Å². The Bertz CT molecular complexity index is 447. The van der Waals surface area contributed by atoms with E-state index in [-0.39, 0.29) is 0 Å². The Kier molecular flexibility index (Phi) is 3.84. The Morgan fingerprint density at radius 3 is 2.82 bits per heavy atom. The third kappa shape index (κ3) is 3.11. The molecule has 0 spiro atoms. The van der Waals surface area contributed by atoms with Crippen LogP contribution in [0.25, 0.3) is 0 Å². The number of rotatable bonds is 5. The van der Waals surface area contributed by atoms with Gasteiger partial charge in [-0.05, 0) is 0 Å². The van der Waals surface area contributed by atoms with E-state index < -0.39 is 0 Å². The summed E-state index contributed by atoms with van der Waals surface area (Å²) in [6, 6.07) is 1.78. The van der Waals surface area contributed by atoms with Crippen molar-refractivity contribution >= 4 is 23.0 Å². The molecule has 0 amide bonds. The van der Waals surface area contributed by atoms with Crippen molar-refractivity contribution in [3.05, 3.63) is 28.5 Å². The van der Waals surface area contributed by atoms with E-state index in [1.54, 1.807) is 22.9 Å². The topological polar surface area (TPSA) is 88.8 Å². The van der Waals surface area contributed by atoms with Gasteiger partial charge in [-0.25, -0.2) is 15.8 Å². The monoisotopic (exact) mass is 250 g/mol. The van der Waals surface area contributed by atoms with Gasteiger partial charge in [0.25, 0.3) is 0 Å². The van der Waals surface area contributed by atoms with Gasteiger partial charge in [-0.3, -0.25) is 4.98 Å². The quantitative estimate of drug-likeness (QED) is 0.549. The maximum absolute atomic E-state index is 5.36. The fourth-order valence-corrected chi connectivity index (χ4v) is 1.86. The van der Waals surface area contributed by atoms with Gasteiger partial charge in [-0.15, -0.1) is 11.3 Å². The van der Waals surface area contributed by atoms with Crippen molar-refractivity contribution in [3.8, 4) is 0 Å². The Morgan fingerprint density at radius 1 is 1.35 bits per heavy atom. The molecule has 0 fully saturated rings. The SMILES string of the molecule is CCc1nc(NN)cc(NCc2cncs2)n1. The first-order valence-electron chi connectivity index (χ1n) is 5.27. The number of nitrogens with zero attached hydrogens (tertiary/aromatic N) is 3. The van der Waals surface area contributed by atoms with Crippen LogP contribution in [-0.2, 0) is 13.0 Å². The minimum absolute atomic E-state index is 0.614. The van der Waals surface area contributed by atoms with E-state index in [1.165, 1.54) is 0 Å². The van der Waals surface area contributed by atoms with Crippen LogP contribution in [0.4, 0.5) is 11.6 Å². The van der Waals surface area contributed by atoms with Crippen molar-refractivity contribution in [2.75, 3.05) is 10.7 Å². The third-order valence-electron chi connectivity index (χ3n) is 2.16. The zero-order chi connectivity index (χ0) is 12.1. The molecule has 6 nitrogen and oxygen atoms in total. The number of anilines is 2. The highest BCUT2D eigenvalue weighted by Crippen LogP contribution is 2.13. The van der Waals surface area contributed by atoms with E-state index in [0.717, 1.165) is 22.9 Å². The van der Waals surface area contributed by atoms with Crippen molar-refractivity contribution in [1.29, 1.82) is 0 Å². The molecular weight excluding hydrogens is 236 g/mol. The van der Waals surface area contributed by atoms with Gasteiger partial charge >= 0.3 is 0 Å². The normalized spacial score (nSPS) is 10.2. The standard InChI is InChI=1S/C10H14N6S/c1-2-8-14-9(3-10(15-8)16-11)13-5-7-4-12-6-17-7/h3-4,6H,2,5,11H2,1H3,(H2,13,14,15,16). The minimum atomic E-state index is 0.614. The number of thiazole rings is 1. The average molecular weight is 250 g/mol. The molecule has 0 saturated heterocycles. The van der Waals surface area contributed by atoms with Crippen LogP contribution in [0, 0.1) is 0 Å². The third-order valence-corrected chi connectivity index (χ3v) is 2.94. The molecular formula is C10H14N6S. The Balaban J connectivity index is 2.09. The summed E-state index contributed by atoms with van der Waals surface area (Å²) in [5, 5.41) is 3.22. The average Bonchev–Trinajstić information content (AvgIpc) is 2.89. The maximum atomic E-state index is 5.36. The van der Waals surface area contributed by atoms with Crippen LogP contribution in [0.3, 0.4) is 0 Å². The highest BCUT2D eigenvalue weighted by Gasteiger charge is 2.02. The number of hydrogen-bond donors (Lipinski definition) is 3. The van der Waals surface area contributed by atoms with E-state index in [4.69, 9.17) is 5.84 Å². The summed E-state index contributed by atoms with van der Waals surface area (Å²) < 4.78 is 0. The second-order valence-electron chi connectivity index (χ2n) is 3.37. The van der Waals surface area contributed by atoms with Gasteiger partial charge < -0.3 is 10.7 Å².